The summed E-state index contributed by atoms with van der Waals surface area (Å²) in [6, 6.07) is 9.93. The number of hydrogen-bond donors (Lipinski definition) is 1. The second kappa shape index (κ2) is 7.30. The first-order chi connectivity index (χ1) is 12.0. The van der Waals surface area contributed by atoms with Gasteiger partial charge in [-0.3, -0.25) is 9.88 Å². The Morgan fingerprint density at radius 3 is 2.32 bits per heavy atom. The van der Waals surface area contributed by atoms with Crippen molar-refractivity contribution in [1.82, 2.24) is 14.2 Å². The van der Waals surface area contributed by atoms with E-state index in [1.54, 1.807) is 42.6 Å². The number of hydrogen-bond acceptors (Lipinski definition) is 5. The highest BCUT2D eigenvalue weighted by molar-refractivity contribution is 7.89. The molecule has 1 aliphatic heterocycles. The van der Waals surface area contributed by atoms with E-state index in [9.17, 15) is 13.2 Å². The number of pyridine rings is 1. The van der Waals surface area contributed by atoms with Crippen LogP contribution in [0, 0.1) is 0 Å². The fourth-order valence-electron chi connectivity index (χ4n) is 2.79. The van der Waals surface area contributed by atoms with Crippen LogP contribution in [0.5, 0.6) is 0 Å². The molecule has 0 unspecified atom stereocenters. The van der Waals surface area contributed by atoms with E-state index in [-0.39, 0.29) is 10.5 Å². The molecule has 25 heavy (non-hydrogen) atoms. The van der Waals surface area contributed by atoms with Crippen molar-refractivity contribution in [2.24, 2.45) is 0 Å². The number of rotatable bonds is 5. The molecule has 1 aromatic carbocycles. The molecule has 3 rings (SSSR count). The van der Waals surface area contributed by atoms with Crippen LogP contribution in [0.4, 0.5) is 0 Å². The van der Waals surface area contributed by atoms with Gasteiger partial charge in [-0.05, 0) is 29.8 Å². The van der Waals surface area contributed by atoms with Crippen LogP contribution >= 0.6 is 0 Å². The quantitative estimate of drug-likeness (QED) is 0.863. The highest BCUT2D eigenvalue weighted by Gasteiger charge is 2.28. The Bertz CT molecular complexity index is 830. The van der Waals surface area contributed by atoms with Gasteiger partial charge in [-0.25, -0.2) is 13.2 Å². The molecule has 0 bridgehead atoms. The van der Waals surface area contributed by atoms with Crippen molar-refractivity contribution in [2.75, 3.05) is 26.2 Å². The molecule has 0 spiro atoms. The van der Waals surface area contributed by atoms with Gasteiger partial charge in [0.2, 0.25) is 10.0 Å². The molecular formula is C17H19N3O4S. The van der Waals surface area contributed by atoms with Crippen molar-refractivity contribution in [2.45, 2.75) is 11.4 Å². The van der Waals surface area contributed by atoms with Crippen LogP contribution < -0.4 is 0 Å². The molecule has 1 saturated heterocycles. The fourth-order valence-corrected chi connectivity index (χ4v) is 4.17. The normalized spacial score (nSPS) is 16.6. The van der Waals surface area contributed by atoms with Crippen LogP contribution in [0.2, 0.25) is 0 Å². The molecule has 0 radical (unpaired) electrons. The number of aromatic nitrogens is 1. The Hall–Kier alpha value is -2.29. The van der Waals surface area contributed by atoms with E-state index in [1.165, 1.54) is 10.5 Å². The van der Waals surface area contributed by atoms with Crippen molar-refractivity contribution >= 4 is 16.0 Å². The van der Waals surface area contributed by atoms with Gasteiger partial charge in [0.05, 0.1) is 5.56 Å². The highest BCUT2D eigenvalue weighted by Crippen LogP contribution is 2.17. The van der Waals surface area contributed by atoms with Gasteiger partial charge in [-0.1, -0.05) is 12.1 Å². The van der Waals surface area contributed by atoms with Crippen LogP contribution in [-0.4, -0.2) is 59.9 Å². The second-order valence-electron chi connectivity index (χ2n) is 5.87. The third-order valence-electron chi connectivity index (χ3n) is 4.21. The van der Waals surface area contributed by atoms with E-state index in [4.69, 9.17) is 5.11 Å². The summed E-state index contributed by atoms with van der Waals surface area (Å²) >= 11 is 0. The van der Waals surface area contributed by atoms with Gasteiger partial charge < -0.3 is 5.11 Å². The van der Waals surface area contributed by atoms with E-state index in [2.05, 4.69) is 9.88 Å². The summed E-state index contributed by atoms with van der Waals surface area (Å²) in [5.41, 5.74) is 1.27. The van der Waals surface area contributed by atoms with Gasteiger partial charge in [-0.15, -0.1) is 0 Å². The van der Waals surface area contributed by atoms with Gasteiger partial charge in [0, 0.05) is 45.1 Å². The maximum absolute atomic E-state index is 12.6. The molecule has 0 amide bonds. The number of sulfonamides is 1. The average Bonchev–Trinajstić information content (AvgIpc) is 2.63. The van der Waals surface area contributed by atoms with Crippen molar-refractivity contribution in [3.8, 4) is 0 Å². The number of piperazine rings is 1. The predicted molar refractivity (Wildman–Crippen MR) is 91.7 cm³/mol. The third-order valence-corrected chi connectivity index (χ3v) is 6.09. The lowest BCUT2D eigenvalue weighted by atomic mass is 10.1. The molecule has 1 aliphatic rings. The number of benzene rings is 1. The molecule has 0 atom stereocenters. The first-order valence-electron chi connectivity index (χ1n) is 7.91. The molecule has 7 nitrogen and oxygen atoms in total. The van der Waals surface area contributed by atoms with Crippen molar-refractivity contribution < 1.29 is 18.3 Å². The van der Waals surface area contributed by atoms with Crippen molar-refractivity contribution in [3.05, 3.63) is 59.9 Å². The zero-order chi connectivity index (χ0) is 17.9. The van der Waals surface area contributed by atoms with E-state index in [0.29, 0.717) is 32.7 Å². The lowest BCUT2D eigenvalue weighted by molar-refractivity contribution is 0.0697. The summed E-state index contributed by atoms with van der Waals surface area (Å²) in [7, 11) is -3.49. The molecule has 0 aliphatic carbocycles. The van der Waals surface area contributed by atoms with Crippen LogP contribution in [0.25, 0.3) is 0 Å². The molecule has 132 valence electrons. The van der Waals surface area contributed by atoms with Crippen molar-refractivity contribution in [3.63, 3.8) is 0 Å². The summed E-state index contributed by atoms with van der Waals surface area (Å²) in [5.74, 6) is -0.944. The summed E-state index contributed by atoms with van der Waals surface area (Å²) in [5, 5.41) is 8.92. The second-order valence-corrected chi connectivity index (χ2v) is 7.81. The maximum Gasteiger partial charge on any atom is 0.335 e. The van der Waals surface area contributed by atoms with E-state index >= 15 is 0 Å². The van der Waals surface area contributed by atoms with Crippen LogP contribution in [0.1, 0.15) is 15.9 Å². The first-order valence-corrected chi connectivity index (χ1v) is 9.35. The minimum Gasteiger partial charge on any atom is -0.478 e. The van der Waals surface area contributed by atoms with Gasteiger partial charge >= 0.3 is 5.97 Å². The Morgan fingerprint density at radius 2 is 1.76 bits per heavy atom. The monoisotopic (exact) mass is 361 g/mol. The minimum absolute atomic E-state index is 0.215. The average molecular weight is 361 g/mol. The standard InChI is InChI=1S/C17H19N3O4S/c21-17(22)15-5-3-14(4-6-15)13-19-8-10-20(11-9-19)25(23,24)16-2-1-7-18-12-16/h1-7,12H,8-11,13H2,(H,21,22). The van der Waals surface area contributed by atoms with E-state index in [1.807, 2.05) is 0 Å². The van der Waals surface area contributed by atoms with E-state index in [0.717, 1.165) is 5.56 Å². The van der Waals surface area contributed by atoms with Crippen molar-refractivity contribution in [1.29, 1.82) is 0 Å². The summed E-state index contributed by atoms with van der Waals surface area (Å²) in [6.45, 7) is 2.76. The molecule has 8 heteroatoms. The summed E-state index contributed by atoms with van der Waals surface area (Å²) in [4.78, 5) is 17.1. The van der Waals surface area contributed by atoms with Crippen LogP contribution in [0.15, 0.2) is 53.7 Å². The predicted octanol–water partition coefficient (Wildman–Crippen LogP) is 1.29. The smallest absolute Gasteiger partial charge is 0.335 e. The molecule has 2 aromatic rings. The van der Waals surface area contributed by atoms with Gasteiger partial charge in [0.1, 0.15) is 4.90 Å². The number of carboxylic acid groups (broad SMARTS) is 1. The Morgan fingerprint density at radius 1 is 1.08 bits per heavy atom. The summed E-state index contributed by atoms with van der Waals surface area (Å²) in [6.07, 6.45) is 2.91. The number of carboxylic acids is 1. The largest absolute Gasteiger partial charge is 0.478 e. The Labute approximate surface area is 146 Å². The van der Waals surface area contributed by atoms with Crippen LogP contribution in [0.3, 0.4) is 0 Å². The lowest BCUT2D eigenvalue weighted by Crippen LogP contribution is -2.48. The number of nitrogens with zero attached hydrogens (tertiary/aromatic N) is 3. The summed E-state index contributed by atoms with van der Waals surface area (Å²) < 4.78 is 26.6. The number of carbonyl (C=O) groups is 1. The zero-order valence-corrected chi connectivity index (χ0v) is 14.4. The van der Waals surface area contributed by atoms with Gasteiger partial charge in [0.25, 0.3) is 0 Å². The third kappa shape index (κ3) is 4.04. The van der Waals surface area contributed by atoms with Gasteiger partial charge in [0.15, 0.2) is 0 Å². The molecule has 1 aromatic heterocycles. The van der Waals surface area contributed by atoms with E-state index < -0.39 is 16.0 Å². The number of aromatic carboxylic acids is 1. The Balaban J connectivity index is 1.59. The molecule has 1 fully saturated rings. The first kappa shape index (κ1) is 17.5. The molecule has 1 N–H and O–H groups in total. The maximum atomic E-state index is 12.6. The molecule has 0 saturated carbocycles. The lowest BCUT2D eigenvalue weighted by Gasteiger charge is -2.33. The minimum atomic E-state index is -3.49. The topological polar surface area (TPSA) is 90.8 Å². The fraction of sp³-hybridized carbons (Fsp3) is 0.294. The molecule has 2 heterocycles. The SMILES string of the molecule is O=C(O)c1ccc(CN2CCN(S(=O)(=O)c3cccnc3)CC2)cc1. The molecular weight excluding hydrogens is 342 g/mol. The Kier molecular flexibility index (Phi) is 5.12. The van der Waals surface area contributed by atoms with Crippen LogP contribution in [-0.2, 0) is 16.6 Å². The van der Waals surface area contributed by atoms with Gasteiger partial charge in [-0.2, -0.15) is 4.31 Å². The highest BCUT2D eigenvalue weighted by atomic mass is 32.2. The zero-order valence-electron chi connectivity index (χ0n) is 13.6.